The summed E-state index contributed by atoms with van der Waals surface area (Å²) < 4.78 is 23.7. The molecule has 0 saturated heterocycles. The van der Waals surface area contributed by atoms with Gasteiger partial charge in [-0.1, -0.05) is 224 Å². The van der Waals surface area contributed by atoms with Crippen molar-refractivity contribution in [2.24, 2.45) is 0 Å². The monoisotopic (exact) mass is 884 g/mol. The number of aliphatic hydroxyl groups is 1. The third kappa shape index (κ3) is 46.8. The number of likely N-dealkylation sites (N-methyl/N-ethyl adjacent to an activating group) is 1. The quantitative estimate of drug-likeness (QED) is 0.0243. The number of carbonyl (C=O) groups excluding carboxylic acids is 1. The molecule has 8 nitrogen and oxygen atoms in total. The molecule has 9 heteroatoms. The molecule has 1 amide bonds. The van der Waals surface area contributed by atoms with Crippen LogP contribution in [0.3, 0.4) is 0 Å². The molecule has 0 aliphatic heterocycles. The van der Waals surface area contributed by atoms with Gasteiger partial charge in [0.1, 0.15) is 13.2 Å². The number of unbranched alkanes of at least 4 members (excludes halogenated alkanes) is 31. The fourth-order valence-electron chi connectivity index (χ4n) is 7.78. The summed E-state index contributed by atoms with van der Waals surface area (Å²) in [5.74, 6) is -0.144. The Labute approximate surface area is 379 Å². The summed E-state index contributed by atoms with van der Waals surface area (Å²) in [7, 11) is 1.62. The van der Waals surface area contributed by atoms with Crippen LogP contribution < -0.4 is 5.32 Å². The summed E-state index contributed by atoms with van der Waals surface area (Å²) in [4.78, 5) is 23.3. The molecule has 0 rings (SSSR count). The van der Waals surface area contributed by atoms with Crippen molar-refractivity contribution in [2.75, 3.05) is 40.9 Å². The lowest BCUT2D eigenvalue weighted by Gasteiger charge is -2.26. The number of carbonyl (C=O) groups is 1. The zero-order chi connectivity index (χ0) is 45.0. The van der Waals surface area contributed by atoms with E-state index in [0.717, 1.165) is 44.9 Å². The van der Waals surface area contributed by atoms with E-state index in [0.29, 0.717) is 23.9 Å². The maximum Gasteiger partial charge on any atom is 0.472 e. The highest BCUT2D eigenvalue weighted by Gasteiger charge is 2.28. The molecule has 0 aliphatic carbocycles. The van der Waals surface area contributed by atoms with Crippen LogP contribution in [-0.4, -0.2) is 73.4 Å². The van der Waals surface area contributed by atoms with E-state index in [-0.39, 0.29) is 19.1 Å². The van der Waals surface area contributed by atoms with Crippen molar-refractivity contribution in [1.82, 2.24) is 5.32 Å². The first kappa shape index (κ1) is 60.0. The minimum Gasteiger partial charge on any atom is -0.391 e. The van der Waals surface area contributed by atoms with E-state index >= 15 is 0 Å². The van der Waals surface area contributed by atoms with Crippen molar-refractivity contribution < 1.29 is 32.9 Å². The second-order valence-electron chi connectivity index (χ2n) is 19.3. The predicted octanol–water partition coefficient (Wildman–Crippen LogP) is 15.3. The zero-order valence-electron chi connectivity index (χ0n) is 41.2. The van der Waals surface area contributed by atoms with E-state index in [1.807, 2.05) is 21.1 Å². The minimum absolute atomic E-state index is 0.0754. The molecule has 3 unspecified atom stereocenters. The number of phosphoric ester groups is 1. The number of allylic oxidation sites excluding steroid dienone is 4. The van der Waals surface area contributed by atoms with Crippen molar-refractivity contribution in [3.63, 3.8) is 0 Å². The first-order valence-corrected chi connectivity index (χ1v) is 27.7. The third-order valence-corrected chi connectivity index (χ3v) is 12.9. The molecule has 0 radical (unpaired) electrons. The van der Waals surface area contributed by atoms with Crippen molar-refractivity contribution in [2.45, 2.75) is 264 Å². The van der Waals surface area contributed by atoms with Crippen LogP contribution in [0.2, 0.25) is 0 Å². The highest BCUT2D eigenvalue weighted by molar-refractivity contribution is 7.47. The van der Waals surface area contributed by atoms with Gasteiger partial charge in [-0.15, -0.1) is 0 Å². The molecule has 0 aromatic rings. The van der Waals surface area contributed by atoms with Gasteiger partial charge in [0.15, 0.2) is 0 Å². The number of amides is 1. The first-order chi connectivity index (χ1) is 29.5. The zero-order valence-corrected chi connectivity index (χ0v) is 42.1. The lowest BCUT2D eigenvalue weighted by molar-refractivity contribution is -0.870. The maximum atomic E-state index is 13.0. The molecule has 0 aromatic heterocycles. The van der Waals surface area contributed by atoms with Gasteiger partial charge >= 0.3 is 7.82 Å². The Kier molecular flexibility index (Phi) is 43.5. The van der Waals surface area contributed by atoms with Crippen molar-refractivity contribution in [3.8, 4) is 0 Å². The molecule has 0 aliphatic rings. The number of nitrogens with zero attached hydrogens (tertiary/aromatic N) is 1. The number of quaternary nitrogens is 1. The van der Waals surface area contributed by atoms with Gasteiger partial charge in [0.05, 0.1) is 39.9 Å². The number of rotatable bonds is 48. The van der Waals surface area contributed by atoms with Gasteiger partial charge in [-0.3, -0.25) is 13.8 Å². The van der Waals surface area contributed by atoms with Gasteiger partial charge in [0, 0.05) is 6.42 Å². The number of phosphoric acid groups is 1. The lowest BCUT2D eigenvalue weighted by atomic mass is 10.0. The van der Waals surface area contributed by atoms with Crippen LogP contribution in [0.25, 0.3) is 0 Å². The van der Waals surface area contributed by atoms with Gasteiger partial charge < -0.3 is 19.8 Å². The van der Waals surface area contributed by atoms with Crippen LogP contribution in [0.15, 0.2) is 24.3 Å². The van der Waals surface area contributed by atoms with E-state index in [2.05, 4.69) is 43.5 Å². The number of nitrogens with one attached hydrogen (secondary N) is 1. The standard InChI is InChI=1S/C52H103N2O6P/c1-6-8-10-12-14-16-18-20-22-24-25-26-27-28-29-30-32-34-36-38-40-42-44-46-52(56)53-50(49-60-61(57,58)59-48-47-54(3,4)5)51(55)45-43-41-39-37-35-33-31-23-21-19-17-15-13-11-9-7-2/h18,20,24-25,50-51,55H,6-17,19,21-23,26-49H2,1-5H3,(H-,53,56,57,58)/p+1/b20-18-,25-24-. The summed E-state index contributed by atoms with van der Waals surface area (Å²) in [5.41, 5.74) is 0. The molecule has 0 spiro atoms. The highest BCUT2D eigenvalue weighted by atomic mass is 31.2. The average Bonchev–Trinajstić information content (AvgIpc) is 3.21. The molecule has 3 N–H and O–H groups in total. The van der Waals surface area contributed by atoms with Crippen molar-refractivity contribution in [1.29, 1.82) is 0 Å². The molecule has 0 aromatic carbocycles. The van der Waals surface area contributed by atoms with E-state index < -0.39 is 20.0 Å². The number of aliphatic hydroxyl groups excluding tert-OH is 1. The summed E-state index contributed by atoms with van der Waals surface area (Å²) >= 11 is 0. The van der Waals surface area contributed by atoms with Gasteiger partial charge in [0.25, 0.3) is 0 Å². The van der Waals surface area contributed by atoms with Crippen LogP contribution in [0.1, 0.15) is 251 Å². The summed E-state index contributed by atoms with van der Waals surface area (Å²) in [6.07, 6.45) is 53.5. The largest absolute Gasteiger partial charge is 0.472 e. The van der Waals surface area contributed by atoms with Crippen LogP contribution in [-0.2, 0) is 18.4 Å². The summed E-state index contributed by atoms with van der Waals surface area (Å²) in [5, 5.41) is 14.0. The third-order valence-electron chi connectivity index (χ3n) is 12.0. The van der Waals surface area contributed by atoms with Gasteiger partial charge in [-0.05, 0) is 44.9 Å². The van der Waals surface area contributed by atoms with E-state index in [9.17, 15) is 19.4 Å². The van der Waals surface area contributed by atoms with Crippen LogP contribution in [0, 0.1) is 0 Å². The molecule has 362 valence electrons. The normalized spacial score (nSPS) is 14.3. The average molecular weight is 884 g/mol. The van der Waals surface area contributed by atoms with E-state index in [1.165, 1.54) is 180 Å². The van der Waals surface area contributed by atoms with Crippen molar-refractivity contribution in [3.05, 3.63) is 24.3 Å². The second-order valence-corrected chi connectivity index (χ2v) is 20.7. The maximum absolute atomic E-state index is 13.0. The molecule has 0 fully saturated rings. The predicted molar refractivity (Wildman–Crippen MR) is 263 cm³/mol. The molecule has 3 atom stereocenters. The molecule has 0 heterocycles. The Morgan fingerprint density at radius 3 is 1.34 bits per heavy atom. The SMILES string of the molecule is CCCCCCC/C=C\C/C=C\CCCCCCCCCCCCCC(=O)NC(COP(=O)(O)OCC[N+](C)(C)C)C(O)CCCCCCCCCCCCCCCCCC. The van der Waals surface area contributed by atoms with Crippen LogP contribution in [0.5, 0.6) is 0 Å². The fraction of sp³-hybridized carbons (Fsp3) is 0.904. The second kappa shape index (κ2) is 44.2. The molecule has 0 bridgehead atoms. The first-order valence-electron chi connectivity index (χ1n) is 26.2. The minimum atomic E-state index is -4.32. The Morgan fingerprint density at radius 1 is 0.557 bits per heavy atom. The van der Waals surface area contributed by atoms with Crippen LogP contribution in [0.4, 0.5) is 0 Å². The Balaban J connectivity index is 4.21. The topological polar surface area (TPSA) is 105 Å². The van der Waals surface area contributed by atoms with Crippen molar-refractivity contribution >= 4 is 13.7 Å². The smallest absolute Gasteiger partial charge is 0.391 e. The van der Waals surface area contributed by atoms with E-state index in [1.54, 1.807) is 0 Å². The molecule has 61 heavy (non-hydrogen) atoms. The molecule has 0 saturated carbocycles. The Bertz CT molecular complexity index is 1050. The summed E-state index contributed by atoms with van der Waals surface area (Å²) in [6, 6.07) is -0.759. The Morgan fingerprint density at radius 2 is 0.934 bits per heavy atom. The van der Waals surface area contributed by atoms with Gasteiger partial charge in [0.2, 0.25) is 5.91 Å². The summed E-state index contributed by atoms with van der Waals surface area (Å²) in [6.45, 7) is 4.90. The molecular weight excluding hydrogens is 780 g/mol. The Hall–Kier alpha value is -1.02. The molecular formula is C52H104N2O6P+. The fourth-order valence-corrected chi connectivity index (χ4v) is 8.52. The van der Waals surface area contributed by atoms with Gasteiger partial charge in [-0.25, -0.2) is 4.57 Å². The van der Waals surface area contributed by atoms with Crippen LogP contribution >= 0.6 is 7.82 Å². The lowest BCUT2D eigenvalue weighted by Crippen LogP contribution is -2.46. The number of hydrogen-bond donors (Lipinski definition) is 3. The van der Waals surface area contributed by atoms with E-state index in [4.69, 9.17) is 9.05 Å². The highest BCUT2D eigenvalue weighted by Crippen LogP contribution is 2.43. The number of hydrogen-bond acceptors (Lipinski definition) is 5. The van der Waals surface area contributed by atoms with Gasteiger partial charge in [-0.2, -0.15) is 0 Å².